The van der Waals surface area contributed by atoms with Gasteiger partial charge in [0.2, 0.25) is 0 Å². The van der Waals surface area contributed by atoms with Crippen molar-refractivity contribution in [1.29, 1.82) is 0 Å². The monoisotopic (exact) mass is 293 g/mol. The van der Waals surface area contributed by atoms with Crippen molar-refractivity contribution in [2.24, 2.45) is 0 Å². The normalized spacial score (nSPS) is 22.0. The van der Waals surface area contributed by atoms with Crippen molar-refractivity contribution in [3.8, 4) is 0 Å². The van der Waals surface area contributed by atoms with Gasteiger partial charge in [0.1, 0.15) is 0 Å². The number of nitrogens with one attached hydrogen (secondary N) is 1. The zero-order valence-corrected chi connectivity index (χ0v) is 13.0. The molecule has 0 aromatic heterocycles. The van der Waals surface area contributed by atoms with Gasteiger partial charge in [0.05, 0.1) is 16.6 Å². The summed E-state index contributed by atoms with van der Waals surface area (Å²) in [4.78, 5) is 12.9. The molecular formula is C15H23N3O3. The Labute approximate surface area is 125 Å². The number of nitro groups is 1. The van der Waals surface area contributed by atoms with Crippen LogP contribution in [-0.2, 0) is 11.3 Å². The number of benzene rings is 1. The Balaban J connectivity index is 2.21. The van der Waals surface area contributed by atoms with Crippen LogP contribution in [0.1, 0.15) is 26.3 Å². The third-order valence-electron chi connectivity index (χ3n) is 3.60. The molecule has 0 amide bonds. The number of nitrogens with zero attached hydrogens (tertiary/aromatic N) is 2. The van der Waals surface area contributed by atoms with E-state index < -0.39 is 0 Å². The standard InChI is InChI=1S/C15H23N3O3/c1-11-8-17(10-15(2,3)21-11)9-12-7-13(18(19)20)5-6-14(12)16-4/h5-7,11,16H,8-10H2,1-4H3. The Morgan fingerprint density at radius 3 is 2.81 bits per heavy atom. The molecule has 1 aromatic rings. The maximum Gasteiger partial charge on any atom is 0.269 e. The lowest BCUT2D eigenvalue weighted by Crippen LogP contribution is -2.51. The largest absolute Gasteiger partial charge is 0.388 e. The lowest BCUT2D eigenvalue weighted by Gasteiger charge is -2.41. The summed E-state index contributed by atoms with van der Waals surface area (Å²) in [5.74, 6) is 0. The Morgan fingerprint density at radius 1 is 1.52 bits per heavy atom. The van der Waals surface area contributed by atoms with E-state index in [2.05, 4.69) is 31.0 Å². The Morgan fingerprint density at radius 2 is 2.24 bits per heavy atom. The smallest absolute Gasteiger partial charge is 0.269 e. The average molecular weight is 293 g/mol. The van der Waals surface area contributed by atoms with Crippen molar-refractivity contribution >= 4 is 11.4 Å². The second kappa shape index (κ2) is 5.99. The molecule has 2 rings (SSSR count). The molecule has 1 aliphatic rings. The van der Waals surface area contributed by atoms with E-state index in [9.17, 15) is 10.1 Å². The highest BCUT2D eigenvalue weighted by molar-refractivity contribution is 5.55. The van der Waals surface area contributed by atoms with Gasteiger partial charge in [-0.05, 0) is 32.4 Å². The summed E-state index contributed by atoms with van der Waals surface area (Å²) in [7, 11) is 1.83. The van der Waals surface area contributed by atoms with E-state index >= 15 is 0 Å². The molecule has 21 heavy (non-hydrogen) atoms. The van der Waals surface area contributed by atoms with Crippen LogP contribution in [0, 0.1) is 10.1 Å². The van der Waals surface area contributed by atoms with Gasteiger partial charge in [0.15, 0.2) is 0 Å². The van der Waals surface area contributed by atoms with Crippen LogP contribution >= 0.6 is 0 Å². The highest BCUT2D eigenvalue weighted by atomic mass is 16.6. The van der Waals surface area contributed by atoms with Crippen LogP contribution < -0.4 is 5.32 Å². The fourth-order valence-corrected chi connectivity index (χ4v) is 3.02. The van der Waals surface area contributed by atoms with Crippen molar-refractivity contribution in [2.45, 2.75) is 39.0 Å². The van der Waals surface area contributed by atoms with Crippen molar-refractivity contribution in [2.75, 3.05) is 25.5 Å². The first-order chi connectivity index (χ1) is 9.80. The van der Waals surface area contributed by atoms with Crippen molar-refractivity contribution in [1.82, 2.24) is 4.90 Å². The Hall–Kier alpha value is -1.66. The number of nitro benzene ring substituents is 1. The van der Waals surface area contributed by atoms with Gasteiger partial charge < -0.3 is 10.1 Å². The fraction of sp³-hybridized carbons (Fsp3) is 0.600. The van der Waals surface area contributed by atoms with Crippen LogP contribution in [0.5, 0.6) is 0 Å². The Bertz CT molecular complexity index is 531. The number of non-ortho nitro benzene ring substituents is 1. The summed E-state index contributed by atoms with van der Waals surface area (Å²) < 4.78 is 5.89. The number of ether oxygens (including phenoxy) is 1. The molecule has 0 radical (unpaired) electrons. The van der Waals surface area contributed by atoms with E-state index in [4.69, 9.17) is 4.74 Å². The molecule has 1 aromatic carbocycles. The maximum atomic E-state index is 11.0. The van der Waals surface area contributed by atoms with Crippen LogP contribution in [0.2, 0.25) is 0 Å². The predicted molar refractivity (Wildman–Crippen MR) is 82.5 cm³/mol. The van der Waals surface area contributed by atoms with Crippen LogP contribution in [0.4, 0.5) is 11.4 Å². The highest BCUT2D eigenvalue weighted by Crippen LogP contribution is 2.27. The molecule has 1 aliphatic heterocycles. The van der Waals surface area contributed by atoms with Crippen molar-refractivity contribution in [3.05, 3.63) is 33.9 Å². The summed E-state index contributed by atoms with van der Waals surface area (Å²) in [6, 6.07) is 4.95. The van der Waals surface area contributed by atoms with Crippen molar-refractivity contribution in [3.63, 3.8) is 0 Å². The van der Waals surface area contributed by atoms with Crippen LogP contribution in [0.3, 0.4) is 0 Å². The molecule has 1 saturated heterocycles. The van der Waals surface area contributed by atoms with E-state index in [0.717, 1.165) is 24.3 Å². The minimum absolute atomic E-state index is 0.129. The van der Waals surface area contributed by atoms with Gasteiger partial charge in [-0.3, -0.25) is 15.0 Å². The lowest BCUT2D eigenvalue weighted by atomic mass is 10.0. The number of hydrogen-bond donors (Lipinski definition) is 1. The number of morpholine rings is 1. The minimum atomic E-state index is -0.352. The molecule has 116 valence electrons. The predicted octanol–water partition coefficient (Wildman–Crippen LogP) is 2.64. The topological polar surface area (TPSA) is 67.6 Å². The zero-order chi connectivity index (χ0) is 15.6. The van der Waals surface area contributed by atoms with Gasteiger partial charge in [-0.25, -0.2) is 0 Å². The maximum absolute atomic E-state index is 11.0. The van der Waals surface area contributed by atoms with Crippen molar-refractivity contribution < 1.29 is 9.66 Å². The number of hydrogen-bond acceptors (Lipinski definition) is 5. The molecule has 6 heteroatoms. The number of rotatable bonds is 4. The molecule has 1 heterocycles. The van der Waals surface area contributed by atoms with Crippen LogP contribution in [0.15, 0.2) is 18.2 Å². The molecule has 0 aliphatic carbocycles. The number of anilines is 1. The van der Waals surface area contributed by atoms with Gasteiger partial charge in [-0.15, -0.1) is 0 Å². The third kappa shape index (κ3) is 3.92. The first-order valence-corrected chi connectivity index (χ1v) is 7.16. The van der Waals surface area contributed by atoms with Gasteiger partial charge >= 0.3 is 0 Å². The quantitative estimate of drug-likeness (QED) is 0.683. The van der Waals surface area contributed by atoms with Gasteiger partial charge in [0.25, 0.3) is 5.69 Å². The molecule has 0 bridgehead atoms. The first-order valence-electron chi connectivity index (χ1n) is 7.16. The molecule has 1 atom stereocenters. The van der Waals surface area contributed by atoms with E-state index in [1.807, 2.05) is 7.05 Å². The highest BCUT2D eigenvalue weighted by Gasteiger charge is 2.31. The zero-order valence-electron chi connectivity index (χ0n) is 13.0. The second-order valence-corrected chi connectivity index (χ2v) is 6.21. The molecule has 6 nitrogen and oxygen atoms in total. The molecule has 1 unspecified atom stereocenters. The van der Waals surface area contributed by atoms with Crippen LogP contribution in [0.25, 0.3) is 0 Å². The average Bonchev–Trinajstić information content (AvgIpc) is 2.36. The van der Waals surface area contributed by atoms with Gasteiger partial charge in [0, 0.05) is 44.5 Å². The van der Waals surface area contributed by atoms with Gasteiger partial charge in [-0.1, -0.05) is 0 Å². The Kier molecular flexibility index (Phi) is 4.49. The summed E-state index contributed by atoms with van der Waals surface area (Å²) in [6.07, 6.45) is 0.158. The van der Waals surface area contributed by atoms with Gasteiger partial charge in [-0.2, -0.15) is 0 Å². The minimum Gasteiger partial charge on any atom is -0.388 e. The van der Waals surface area contributed by atoms with E-state index in [0.29, 0.717) is 6.54 Å². The SMILES string of the molecule is CNc1ccc([N+](=O)[O-])cc1CN1CC(C)OC(C)(C)C1. The van der Waals surface area contributed by atoms with E-state index in [1.165, 1.54) is 6.07 Å². The summed E-state index contributed by atoms with van der Waals surface area (Å²) >= 11 is 0. The molecule has 0 saturated carbocycles. The van der Waals surface area contributed by atoms with E-state index in [1.54, 1.807) is 12.1 Å². The summed E-state index contributed by atoms with van der Waals surface area (Å²) in [6.45, 7) is 8.51. The fourth-order valence-electron chi connectivity index (χ4n) is 3.02. The van der Waals surface area contributed by atoms with Crippen LogP contribution in [-0.4, -0.2) is 41.7 Å². The summed E-state index contributed by atoms with van der Waals surface area (Å²) in [5, 5.41) is 14.1. The molecule has 0 spiro atoms. The van der Waals surface area contributed by atoms with E-state index in [-0.39, 0.29) is 22.3 Å². The third-order valence-corrected chi connectivity index (χ3v) is 3.60. The molecular weight excluding hydrogens is 270 g/mol. The molecule has 1 N–H and O–H groups in total. The lowest BCUT2D eigenvalue weighted by molar-refractivity contribution is -0.384. The molecule has 1 fully saturated rings. The summed E-state index contributed by atoms with van der Waals surface area (Å²) in [5.41, 5.74) is 1.80. The second-order valence-electron chi connectivity index (χ2n) is 6.21. The first kappa shape index (κ1) is 15.7.